The van der Waals surface area contributed by atoms with Gasteiger partial charge in [-0.15, -0.1) is 0 Å². The van der Waals surface area contributed by atoms with Crippen molar-refractivity contribution in [2.24, 2.45) is 0 Å². The number of oxazole rings is 1. The maximum Gasteiger partial charge on any atom is 0.397 e. The Morgan fingerprint density at radius 3 is 2.69 bits per heavy atom. The highest BCUT2D eigenvalue weighted by Gasteiger charge is 2.32. The van der Waals surface area contributed by atoms with Crippen LogP contribution in [0.25, 0.3) is 0 Å². The molecule has 1 heterocycles. The van der Waals surface area contributed by atoms with E-state index in [0.717, 1.165) is 0 Å². The van der Waals surface area contributed by atoms with Crippen LogP contribution in [0, 0.1) is 0 Å². The summed E-state index contributed by atoms with van der Waals surface area (Å²) < 4.78 is 45.0. The molecule has 0 saturated carbocycles. The molecular weight excluding hydrogens is 229 g/mol. The fraction of sp³-hybridized carbons (Fsp3) is 0.500. The quantitative estimate of drug-likeness (QED) is 0.808. The third kappa shape index (κ3) is 3.14. The highest BCUT2D eigenvalue weighted by atomic mass is 19.4. The molecule has 16 heavy (non-hydrogen) atoms. The van der Waals surface area contributed by atoms with Crippen LogP contribution in [0.15, 0.2) is 4.42 Å². The first-order valence-corrected chi connectivity index (χ1v) is 4.32. The van der Waals surface area contributed by atoms with Gasteiger partial charge in [0.15, 0.2) is 0 Å². The number of alkyl halides is 3. The standard InChI is InChI=1S/C8H9F3N2O3/c1-2-15-7(14)5-6(12)16-4(13-5)3-8(9,10)11/h2-3,12H2,1H3. The van der Waals surface area contributed by atoms with Crippen LogP contribution in [0.2, 0.25) is 0 Å². The topological polar surface area (TPSA) is 78.3 Å². The highest BCUT2D eigenvalue weighted by molar-refractivity contribution is 5.91. The van der Waals surface area contributed by atoms with Gasteiger partial charge in [-0.05, 0) is 6.92 Å². The fourth-order valence-electron chi connectivity index (χ4n) is 0.971. The Morgan fingerprint density at radius 1 is 1.56 bits per heavy atom. The molecule has 0 saturated heterocycles. The van der Waals surface area contributed by atoms with Crippen LogP contribution in [0.4, 0.5) is 19.1 Å². The van der Waals surface area contributed by atoms with Gasteiger partial charge >= 0.3 is 12.1 Å². The summed E-state index contributed by atoms with van der Waals surface area (Å²) in [6.45, 7) is 1.62. The SMILES string of the molecule is CCOC(=O)c1nc(CC(F)(F)F)oc1N. The normalized spacial score (nSPS) is 11.5. The number of nitrogens with zero attached hydrogens (tertiary/aromatic N) is 1. The molecule has 0 aliphatic rings. The van der Waals surface area contributed by atoms with Gasteiger partial charge < -0.3 is 14.9 Å². The number of ether oxygens (including phenoxy) is 1. The molecule has 0 atom stereocenters. The lowest BCUT2D eigenvalue weighted by Crippen LogP contribution is -2.12. The summed E-state index contributed by atoms with van der Waals surface area (Å²) in [7, 11) is 0. The van der Waals surface area contributed by atoms with Crippen molar-refractivity contribution in [2.75, 3.05) is 12.3 Å². The minimum Gasteiger partial charge on any atom is -0.461 e. The van der Waals surface area contributed by atoms with E-state index < -0.39 is 36.0 Å². The summed E-state index contributed by atoms with van der Waals surface area (Å²) in [6, 6.07) is 0. The Morgan fingerprint density at radius 2 is 2.19 bits per heavy atom. The third-order valence-corrected chi connectivity index (χ3v) is 1.52. The zero-order chi connectivity index (χ0) is 12.3. The van der Waals surface area contributed by atoms with Gasteiger partial charge in [0.05, 0.1) is 6.61 Å². The molecule has 0 unspecified atom stereocenters. The Kier molecular flexibility index (Phi) is 3.41. The number of hydrogen-bond donors (Lipinski definition) is 1. The van der Waals surface area contributed by atoms with Crippen molar-refractivity contribution in [3.05, 3.63) is 11.6 Å². The first kappa shape index (κ1) is 12.3. The number of halogens is 3. The van der Waals surface area contributed by atoms with Gasteiger partial charge in [-0.25, -0.2) is 9.78 Å². The monoisotopic (exact) mass is 238 g/mol. The fourth-order valence-corrected chi connectivity index (χ4v) is 0.971. The van der Waals surface area contributed by atoms with Gasteiger partial charge in [-0.2, -0.15) is 13.2 Å². The minimum absolute atomic E-state index is 0.0692. The van der Waals surface area contributed by atoms with Crippen LogP contribution in [0.1, 0.15) is 23.3 Å². The molecule has 0 fully saturated rings. The molecular formula is C8H9F3N2O3. The molecule has 1 aromatic rings. The summed E-state index contributed by atoms with van der Waals surface area (Å²) >= 11 is 0. The van der Waals surface area contributed by atoms with E-state index in [-0.39, 0.29) is 6.61 Å². The van der Waals surface area contributed by atoms with Gasteiger partial charge in [0.2, 0.25) is 17.5 Å². The Labute approximate surface area is 88.4 Å². The first-order valence-electron chi connectivity index (χ1n) is 4.32. The van der Waals surface area contributed by atoms with E-state index in [4.69, 9.17) is 5.73 Å². The largest absolute Gasteiger partial charge is 0.461 e. The summed E-state index contributed by atoms with van der Waals surface area (Å²) in [5.74, 6) is -2.04. The van der Waals surface area contributed by atoms with Crippen LogP contribution in [0.5, 0.6) is 0 Å². The number of nitrogens with two attached hydrogens (primary N) is 1. The van der Waals surface area contributed by atoms with E-state index in [1.165, 1.54) is 0 Å². The van der Waals surface area contributed by atoms with Crippen LogP contribution < -0.4 is 5.73 Å². The van der Waals surface area contributed by atoms with Crippen molar-refractivity contribution in [1.29, 1.82) is 0 Å². The Bertz CT molecular complexity index is 386. The second-order valence-electron chi connectivity index (χ2n) is 2.83. The molecule has 0 bridgehead atoms. The average molecular weight is 238 g/mol. The highest BCUT2D eigenvalue weighted by Crippen LogP contribution is 2.23. The van der Waals surface area contributed by atoms with Gasteiger partial charge in [0.1, 0.15) is 6.42 Å². The molecule has 2 N–H and O–H groups in total. The summed E-state index contributed by atoms with van der Waals surface area (Å²) in [5, 5.41) is 0. The molecule has 0 aliphatic heterocycles. The Balaban J connectivity index is 2.86. The van der Waals surface area contributed by atoms with Crippen molar-refractivity contribution in [2.45, 2.75) is 19.5 Å². The lowest BCUT2D eigenvalue weighted by Gasteiger charge is -2.00. The second kappa shape index (κ2) is 4.42. The van der Waals surface area contributed by atoms with Crippen LogP contribution in [-0.4, -0.2) is 23.7 Å². The molecule has 0 aliphatic carbocycles. The first-order chi connectivity index (χ1) is 7.33. The summed E-state index contributed by atoms with van der Waals surface area (Å²) in [5.41, 5.74) is 4.76. The number of carbonyl (C=O) groups excluding carboxylic acids is 1. The molecule has 0 spiro atoms. The summed E-state index contributed by atoms with van der Waals surface area (Å²) in [4.78, 5) is 14.5. The lowest BCUT2D eigenvalue weighted by molar-refractivity contribution is -0.130. The number of hydrogen-bond acceptors (Lipinski definition) is 5. The van der Waals surface area contributed by atoms with Crippen molar-refractivity contribution in [3.63, 3.8) is 0 Å². The minimum atomic E-state index is -4.47. The number of rotatable bonds is 3. The zero-order valence-electron chi connectivity index (χ0n) is 8.30. The zero-order valence-corrected chi connectivity index (χ0v) is 8.30. The molecule has 1 rings (SSSR count). The maximum absolute atomic E-state index is 12.0. The number of aromatic nitrogens is 1. The smallest absolute Gasteiger partial charge is 0.397 e. The number of esters is 1. The predicted octanol–water partition coefficient (Wildman–Crippen LogP) is 1.54. The number of carbonyl (C=O) groups is 1. The van der Waals surface area contributed by atoms with E-state index in [9.17, 15) is 18.0 Å². The third-order valence-electron chi connectivity index (χ3n) is 1.52. The van der Waals surface area contributed by atoms with Crippen LogP contribution >= 0.6 is 0 Å². The Hall–Kier alpha value is -1.73. The second-order valence-corrected chi connectivity index (χ2v) is 2.83. The molecule has 0 radical (unpaired) electrons. The average Bonchev–Trinajstić information content (AvgIpc) is 2.44. The van der Waals surface area contributed by atoms with Crippen molar-refractivity contribution in [3.8, 4) is 0 Å². The van der Waals surface area contributed by atoms with E-state index in [1.807, 2.05) is 0 Å². The van der Waals surface area contributed by atoms with Crippen molar-refractivity contribution >= 4 is 11.9 Å². The molecule has 8 heteroatoms. The van der Waals surface area contributed by atoms with Gasteiger partial charge in [-0.3, -0.25) is 0 Å². The number of nitrogen functional groups attached to an aromatic ring is 1. The van der Waals surface area contributed by atoms with Crippen LogP contribution in [-0.2, 0) is 11.2 Å². The molecule has 5 nitrogen and oxygen atoms in total. The maximum atomic E-state index is 12.0. The predicted molar refractivity (Wildman–Crippen MR) is 46.6 cm³/mol. The van der Waals surface area contributed by atoms with Gasteiger partial charge in [0, 0.05) is 0 Å². The van der Waals surface area contributed by atoms with E-state index in [1.54, 1.807) is 6.92 Å². The van der Waals surface area contributed by atoms with E-state index in [2.05, 4.69) is 14.1 Å². The summed E-state index contributed by atoms with van der Waals surface area (Å²) in [6.07, 6.45) is -5.85. The molecule has 0 amide bonds. The molecule has 1 aromatic heterocycles. The van der Waals surface area contributed by atoms with Gasteiger partial charge in [0.25, 0.3) is 0 Å². The van der Waals surface area contributed by atoms with E-state index >= 15 is 0 Å². The van der Waals surface area contributed by atoms with E-state index in [0.29, 0.717) is 0 Å². The number of anilines is 1. The molecule has 90 valence electrons. The molecule has 0 aromatic carbocycles. The van der Waals surface area contributed by atoms with Crippen molar-refractivity contribution in [1.82, 2.24) is 4.98 Å². The lowest BCUT2D eigenvalue weighted by atomic mass is 10.4. The van der Waals surface area contributed by atoms with Crippen molar-refractivity contribution < 1.29 is 27.1 Å². The van der Waals surface area contributed by atoms with Gasteiger partial charge in [-0.1, -0.05) is 0 Å². The van der Waals surface area contributed by atoms with Crippen LogP contribution in [0.3, 0.4) is 0 Å².